The van der Waals surface area contributed by atoms with Crippen molar-refractivity contribution in [2.75, 3.05) is 33.4 Å². The summed E-state index contributed by atoms with van der Waals surface area (Å²) in [5.74, 6) is 0.0546. The SMILES string of the molecule is CCCC(=O)N(CCCOC)CC(=O)N1CCc2sccc2[C@H]1c1ccccc1. The predicted molar refractivity (Wildman–Crippen MR) is 116 cm³/mol. The van der Waals surface area contributed by atoms with E-state index in [-0.39, 0.29) is 24.4 Å². The second-order valence-electron chi connectivity index (χ2n) is 7.36. The van der Waals surface area contributed by atoms with Gasteiger partial charge in [0.05, 0.1) is 12.6 Å². The number of hydrogen-bond donors (Lipinski definition) is 0. The highest BCUT2D eigenvalue weighted by molar-refractivity contribution is 7.10. The lowest BCUT2D eigenvalue weighted by Gasteiger charge is -2.37. The summed E-state index contributed by atoms with van der Waals surface area (Å²) in [4.78, 5) is 31.0. The van der Waals surface area contributed by atoms with Crippen LogP contribution < -0.4 is 0 Å². The average Bonchev–Trinajstić information content (AvgIpc) is 3.22. The maximum atomic E-state index is 13.4. The molecule has 1 aromatic carbocycles. The van der Waals surface area contributed by atoms with Gasteiger partial charge in [-0.15, -0.1) is 11.3 Å². The smallest absolute Gasteiger partial charge is 0.242 e. The summed E-state index contributed by atoms with van der Waals surface area (Å²) in [6.07, 6.45) is 2.85. The molecule has 0 unspecified atom stereocenters. The summed E-state index contributed by atoms with van der Waals surface area (Å²) in [5.41, 5.74) is 2.33. The van der Waals surface area contributed by atoms with E-state index in [1.165, 1.54) is 10.4 Å². The highest BCUT2D eigenvalue weighted by Gasteiger charge is 2.33. The van der Waals surface area contributed by atoms with Gasteiger partial charge < -0.3 is 14.5 Å². The third-order valence-electron chi connectivity index (χ3n) is 5.32. The molecule has 5 nitrogen and oxygen atoms in total. The molecule has 0 saturated heterocycles. The van der Waals surface area contributed by atoms with Crippen LogP contribution >= 0.6 is 11.3 Å². The zero-order valence-electron chi connectivity index (χ0n) is 17.3. The lowest BCUT2D eigenvalue weighted by atomic mass is 9.93. The summed E-state index contributed by atoms with van der Waals surface area (Å²) >= 11 is 1.76. The molecule has 1 atom stereocenters. The number of hydrogen-bond acceptors (Lipinski definition) is 4. The third kappa shape index (κ3) is 5.25. The highest BCUT2D eigenvalue weighted by Crippen LogP contribution is 2.37. The molecular weight excluding hydrogens is 384 g/mol. The molecule has 2 heterocycles. The molecule has 6 heteroatoms. The molecule has 0 aliphatic carbocycles. The number of methoxy groups -OCH3 is 1. The average molecular weight is 415 g/mol. The summed E-state index contributed by atoms with van der Waals surface area (Å²) < 4.78 is 5.13. The number of carbonyl (C=O) groups excluding carboxylic acids is 2. The Morgan fingerprint density at radius 3 is 2.76 bits per heavy atom. The topological polar surface area (TPSA) is 49.9 Å². The molecule has 3 rings (SSSR count). The van der Waals surface area contributed by atoms with Crippen LogP contribution in [0.3, 0.4) is 0 Å². The Morgan fingerprint density at radius 2 is 2.03 bits per heavy atom. The monoisotopic (exact) mass is 414 g/mol. The van der Waals surface area contributed by atoms with Crippen LogP contribution in [0.4, 0.5) is 0 Å². The number of rotatable bonds is 9. The molecule has 0 radical (unpaired) electrons. The molecule has 0 N–H and O–H groups in total. The lowest BCUT2D eigenvalue weighted by molar-refractivity contribution is -0.142. The zero-order valence-corrected chi connectivity index (χ0v) is 18.1. The van der Waals surface area contributed by atoms with Gasteiger partial charge in [0.25, 0.3) is 0 Å². The Labute approximate surface area is 177 Å². The van der Waals surface area contributed by atoms with E-state index in [9.17, 15) is 9.59 Å². The van der Waals surface area contributed by atoms with E-state index in [0.29, 0.717) is 26.1 Å². The quantitative estimate of drug-likeness (QED) is 0.585. The van der Waals surface area contributed by atoms with Crippen molar-refractivity contribution in [2.45, 2.75) is 38.6 Å². The van der Waals surface area contributed by atoms with Crippen LogP contribution in [0.25, 0.3) is 0 Å². The first-order valence-electron chi connectivity index (χ1n) is 10.3. The number of amides is 2. The fraction of sp³-hybridized carbons (Fsp3) is 0.478. The first-order valence-corrected chi connectivity index (χ1v) is 11.2. The summed E-state index contributed by atoms with van der Waals surface area (Å²) in [6, 6.07) is 12.2. The number of benzene rings is 1. The predicted octanol–water partition coefficient (Wildman–Crippen LogP) is 3.89. The number of thiophene rings is 1. The van der Waals surface area contributed by atoms with Gasteiger partial charge in [-0.05, 0) is 41.8 Å². The Balaban J connectivity index is 1.80. The van der Waals surface area contributed by atoms with Crippen molar-refractivity contribution in [2.24, 2.45) is 0 Å². The molecule has 0 bridgehead atoms. The van der Waals surface area contributed by atoms with E-state index in [1.807, 2.05) is 30.0 Å². The van der Waals surface area contributed by atoms with Crippen molar-refractivity contribution in [3.05, 3.63) is 57.8 Å². The largest absolute Gasteiger partial charge is 0.385 e. The van der Waals surface area contributed by atoms with Crippen molar-refractivity contribution in [1.29, 1.82) is 0 Å². The van der Waals surface area contributed by atoms with E-state index in [0.717, 1.165) is 24.8 Å². The van der Waals surface area contributed by atoms with Gasteiger partial charge in [-0.25, -0.2) is 0 Å². The molecule has 0 saturated carbocycles. The van der Waals surface area contributed by atoms with Gasteiger partial charge in [0.1, 0.15) is 0 Å². The van der Waals surface area contributed by atoms with Gasteiger partial charge in [0, 0.05) is 38.1 Å². The fourth-order valence-electron chi connectivity index (χ4n) is 3.90. The number of ether oxygens (including phenoxy) is 1. The van der Waals surface area contributed by atoms with Crippen LogP contribution in [0.2, 0.25) is 0 Å². The van der Waals surface area contributed by atoms with Crippen LogP contribution in [0.5, 0.6) is 0 Å². The maximum Gasteiger partial charge on any atom is 0.242 e. The second-order valence-corrected chi connectivity index (χ2v) is 8.36. The first kappa shape index (κ1) is 21.5. The van der Waals surface area contributed by atoms with E-state index >= 15 is 0 Å². The van der Waals surface area contributed by atoms with Gasteiger partial charge in [0.2, 0.25) is 11.8 Å². The first-order chi connectivity index (χ1) is 14.2. The van der Waals surface area contributed by atoms with Gasteiger partial charge >= 0.3 is 0 Å². The molecule has 2 aromatic rings. The van der Waals surface area contributed by atoms with E-state index in [1.54, 1.807) is 23.3 Å². The molecule has 0 fully saturated rings. The minimum absolute atomic E-state index is 0.0116. The fourth-order valence-corrected chi connectivity index (χ4v) is 4.80. The lowest BCUT2D eigenvalue weighted by Crippen LogP contribution is -2.47. The Hall–Kier alpha value is -2.18. The van der Waals surface area contributed by atoms with Gasteiger partial charge in [-0.1, -0.05) is 37.3 Å². The Kier molecular flexibility index (Phi) is 7.83. The molecule has 0 spiro atoms. The standard InChI is InChI=1S/C23H30N2O3S/c1-3-8-21(26)24(13-7-15-28-2)17-22(27)25-14-11-20-19(12-16-29-20)23(25)18-9-5-4-6-10-18/h4-6,9-10,12,16,23H,3,7-8,11,13-15,17H2,1-2H3/t23-/m1/s1. The minimum atomic E-state index is -0.0826. The van der Waals surface area contributed by atoms with Crippen LogP contribution in [0.15, 0.2) is 41.8 Å². The van der Waals surface area contributed by atoms with Crippen molar-refractivity contribution in [3.8, 4) is 0 Å². The molecule has 2 amide bonds. The van der Waals surface area contributed by atoms with E-state index in [4.69, 9.17) is 4.74 Å². The number of nitrogens with zero attached hydrogens (tertiary/aromatic N) is 2. The number of carbonyl (C=O) groups is 2. The summed E-state index contributed by atoms with van der Waals surface area (Å²) in [5, 5.41) is 2.11. The van der Waals surface area contributed by atoms with Crippen molar-refractivity contribution in [3.63, 3.8) is 0 Å². The van der Waals surface area contributed by atoms with Gasteiger partial charge in [0.15, 0.2) is 0 Å². The molecule has 1 aromatic heterocycles. The Morgan fingerprint density at radius 1 is 1.24 bits per heavy atom. The third-order valence-corrected chi connectivity index (χ3v) is 6.32. The van der Waals surface area contributed by atoms with E-state index < -0.39 is 0 Å². The second kappa shape index (κ2) is 10.6. The molecule has 156 valence electrons. The Bertz CT molecular complexity index is 805. The zero-order chi connectivity index (χ0) is 20.6. The van der Waals surface area contributed by atoms with Gasteiger partial charge in [-0.2, -0.15) is 0 Å². The van der Waals surface area contributed by atoms with Crippen LogP contribution in [-0.4, -0.2) is 55.0 Å². The molecule has 29 heavy (non-hydrogen) atoms. The highest BCUT2D eigenvalue weighted by atomic mass is 32.1. The van der Waals surface area contributed by atoms with Crippen LogP contribution in [-0.2, 0) is 20.7 Å². The van der Waals surface area contributed by atoms with Crippen LogP contribution in [0, 0.1) is 0 Å². The maximum absolute atomic E-state index is 13.4. The van der Waals surface area contributed by atoms with Crippen molar-refractivity contribution >= 4 is 23.2 Å². The molecule has 1 aliphatic rings. The normalized spacial score (nSPS) is 15.8. The van der Waals surface area contributed by atoms with Crippen LogP contribution in [0.1, 0.15) is 48.2 Å². The molecular formula is C23H30N2O3S. The van der Waals surface area contributed by atoms with Gasteiger partial charge in [-0.3, -0.25) is 9.59 Å². The number of fused-ring (bicyclic) bond motifs is 1. The summed E-state index contributed by atoms with van der Waals surface area (Å²) in [7, 11) is 1.65. The summed E-state index contributed by atoms with van der Waals surface area (Å²) in [6.45, 7) is 3.93. The van der Waals surface area contributed by atoms with E-state index in [2.05, 4.69) is 23.6 Å². The van der Waals surface area contributed by atoms with Crippen molar-refractivity contribution < 1.29 is 14.3 Å². The molecule has 1 aliphatic heterocycles. The van der Waals surface area contributed by atoms with Crippen molar-refractivity contribution in [1.82, 2.24) is 9.80 Å². The minimum Gasteiger partial charge on any atom is -0.385 e.